The lowest BCUT2D eigenvalue weighted by atomic mass is 10.3. The van der Waals surface area contributed by atoms with Crippen LogP contribution in [0.2, 0.25) is 0 Å². The summed E-state index contributed by atoms with van der Waals surface area (Å²) in [6.07, 6.45) is 5.52. The average Bonchev–Trinajstić information content (AvgIpc) is 3.15. The average molecular weight is 261 g/mol. The molecule has 1 N–H and O–H groups in total. The Bertz CT molecular complexity index is 634. The summed E-state index contributed by atoms with van der Waals surface area (Å²) in [6, 6.07) is -0.181. The number of hydrogen-bond acceptors (Lipinski definition) is 5. The van der Waals surface area contributed by atoms with Crippen molar-refractivity contribution in [3.63, 3.8) is 0 Å². The first-order chi connectivity index (χ1) is 9.09. The molecule has 19 heavy (non-hydrogen) atoms. The molecule has 1 atom stereocenters. The van der Waals surface area contributed by atoms with Gasteiger partial charge < -0.3 is 14.6 Å². The van der Waals surface area contributed by atoms with Crippen LogP contribution in [0.4, 0.5) is 5.82 Å². The summed E-state index contributed by atoms with van der Waals surface area (Å²) in [7, 11) is 1.71. The van der Waals surface area contributed by atoms with E-state index in [2.05, 4.69) is 15.0 Å². The Morgan fingerprint density at radius 3 is 2.84 bits per heavy atom. The third-order valence-corrected chi connectivity index (χ3v) is 3.55. The topological polar surface area (TPSA) is 84.1 Å². The van der Waals surface area contributed by atoms with Crippen molar-refractivity contribution in [3.8, 4) is 0 Å². The van der Waals surface area contributed by atoms with Crippen LogP contribution in [0.25, 0.3) is 11.2 Å². The van der Waals surface area contributed by atoms with Crippen molar-refractivity contribution in [2.24, 2.45) is 0 Å². The van der Waals surface area contributed by atoms with Crippen molar-refractivity contribution in [2.75, 3.05) is 11.9 Å². The van der Waals surface area contributed by atoms with E-state index in [0.717, 1.165) is 18.5 Å². The molecule has 100 valence electrons. The number of nitrogens with zero attached hydrogens (tertiary/aromatic N) is 5. The zero-order valence-electron chi connectivity index (χ0n) is 10.8. The number of fused-ring (bicyclic) bond motifs is 1. The summed E-state index contributed by atoms with van der Waals surface area (Å²) in [5.74, 6) is -0.338. The lowest BCUT2D eigenvalue weighted by Gasteiger charge is -2.22. The van der Waals surface area contributed by atoms with Gasteiger partial charge in [0, 0.05) is 13.1 Å². The molecular weight excluding hydrogens is 246 g/mol. The predicted molar refractivity (Wildman–Crippen MR) is 69.1 cm³/mol. The Balaban J connectivity index is 2.06. The summed E-state index contributed by atoms with van der Waals surface area (Å²) >= 11 is 0. The molecule has 0 spiro atoms. The maximum atomic E-state index is 11.1. The van der Waals surface area contributed by atoms with E-state index in [1.165, 1.54) is 6.33 Å². The van der Waals surface area contributed by atoms with Gasteiger partial charge in [-0.15, -0.1) is 0 Å². The molecule has 3 rings (SSSR count). The van der Waals surface area contributed by atoms with Gasteiger partial charge in [-0.2, -0.15) is 0 Å². The number of anilines is 1. The lowest BCUT2D eigenvalue weighted by Crippen LogP contribution is -2.36. The molecule has 1 aliphatic carbocycles. The van der Waals surface area contributed by atoms with Gasteiger partial charge in [0.2, 0.25) is 0 Å². The normalized spacial score (nSPS) is 16.5. The van der Waals surface area contributed by atoms with Crippen molar-refractivity contribution in [2.45, 2.75) is 31.8 Å². The van der Waals surface area contributed by atoms with Gasteiger partial charge in [0.25, 0.3) is 0 Å². The third kappa shape index (κ3) is 1.91. The van der Waals surface area contributed by atoms with Crippen LogP contribution in [0.5, 0.6) is 0 Å². The van der Waals surface area contributed by atoms with Crippen LogP contribution in [0.15, 0.2) is 12.7 Å². The van der Waals surface area contributed by atoms with Crippen molar-refractivity contribution >= 4 is 23.0 Å². The molecule has 2 heterocycles. The zero-order chi connectivity index (χ0) is 13.6. The van der Waals surface area contributed by atoms with Gasteiger partial charge in [-0.3, -0.25) is 0 Å². The van der Waals surface area contributed by atoms with Crippen LogP contribution in [0, 0.1) is 0 Å². The predicted octanol–water partition coefficient (Wildman–Crippen LogP) is 1.07. The molecule has 0 radical (unpaired) electrons. The van der Waals surface area contributed by atoms with E-state index in [4.69, 9.17) is 5.11 Å². The highest BCUT2D eigenvalue weighted by atomic mass is 16.4. The SMILES string of the molecule is C[C@@H](C(=O)O)N(C)c1ncnc2c1ncn2C1CC1. The Morgan fingerprint density at radius 2 is 2.21 bits per heavy atom. The minimum Gasteiger partial charge on any atom is -0.480 e. The number of aliphatic carboxylic acids is 1. The van der Waals surface area contributed by atoms with Gasteiger partial charge in [-0.1, -0.05) is 0 Å². The summed E-state index contributed by atoms with van der Waals surface area (Å²) in [5, 5.41) is 9.08. The smallest absolute Gasteiger partial charge is 0.326 e. The molecule has 7 nitrogen and oxygen atoms in total. The fourth-order valence-corrected chi connectivity index (χ4v) is 2.07. The van der Waals surface area contributed by atoms with Crippen molar-refractivity contribution in [1.82, 2.24) is 19.5 Å². The second kappa shape index (κ2) is 4.18. The minimum atomic E-state index is -0.893. The minimum absolute atomic E-state index is 0.481. The van der Waals surface area contributed by atoms with Gasteiger partial charge in [-0.25, -0.2) is 19.7 Å². The highest BCUT2D eigenvalue weighted by Crippen LogP contribution is 2.37. The number of hydrogen-bond donors (Lipinski definition) is 1. The van der Waals surface area contributed by atoms with E-state index in [1.54, 1.807) is 25.2 Å². The van der Waals surface area contributed by atoms with Gasteiger partial charge >= 0.3 is 5.97 Å². The summed E-state index contributed by atoms with van der Waals surface area (Å²) in [5.41, 5.74) is 1.43. The number of likely N-dealkylation sites (N-methyl/N-ethyl adjacent to an activating group) is 1. The standard InChI is InChI=1S/C12H15N5O2/c1-7(12(18)19)16(2)10-9-11(14-5-13-10)17(6-15-9)8-3-4-8/h5-8H,3-4H2,1-2H3,(H,18,19)/t7-/m0/s1. The monoisotopic (exact) mass is 261 g/mol. The quantitative estimate of drug-likeness (QED) is 0.886. The van der Waals surface area contributed by atoms with Crippen LogP contribution in [0.1, 0.15) is 25.8 Å². The molecule has 7 heteroatoms. The van der Waals surface area contributed by atoms with Crippen LogP contribution >= 0.6 is 0 Å². The van der Waals surface area contributed by atoms with E-state index in [9.17, 15) is 4.79 Å². The number of carboxylic acids is 1. The Hall–Kier alpha value is -2.18. The first kappa shape index (κ1) is 11.9. The molecular formula is C12H15N5O2. The molecule has 2 aromatic heterocycles. The van der Waals surface area contributed by atoms with Gasteiger partial charge in [0.15, 0.2) is 17.0 Å². The molecule has 2 aromatic rings. The molecule has 0 saturated heterocycles. The van der Waals surface area contributed by atoms with E-state index >= 15 is 0 Å². The third-order valence-electron chi connectivity index (χ3n) is 3.55. The molecule has 1 saturated carbocycles. The van der Waals surface area contributed by atoms with Crippen molar-refractivity contribution in [3.05, 3.63) is 12.7 Å². The van der Waals surface area contributed by atoms with Crippen LogP contribution in [0.3, 0.4) is 0 Å². The summed E-state index contributed by atoms with van der Waals surface area (Å²) in [6.45, 7) is 1.62. The molecule has 0 aromatic carbocycles. The Kier molecular flexibility index (Phi) is 2.62. The molecule has 0 bridgehead atoms. The number of aromatic nitrogens is 4. The molecule has 0 unspecified atom stereocenters. The van der Waals surface area contributed by atoms with Gasteiger partial charge in [-0.05, 0) is 19.8 Å². The number of carboxylic acid groups (broad SMARTS) is 1. The van der Waals surface area contributed by atoms with Crippen molar-refractivity contribution < 1.29 is 9.90 Å². The first-order valence-corrected chi connectivity index (χ1v) is 6.22. The second-order valence-electron chi connectivity index (χ2n) is 4.88. The molecule has 1 aliphatic rings. The highest BCUT2D eigenvalue weighted by Gasteiger charge is 2.27. The molecule has 1 fully saturated rings. The van der Waals surface area contributed by atoms with Crippen LogP contribution in [-0.2, 0) is 4.79 Å². The van der Waals surface area contributed by atoms with Gasteiger partial charge in [0.1, 0.15) is 12.4 Å². The van der Waals surface area contributed by atoms with Crippen LogP contribution in [-0.4, -0.2) is 43.7 Å². The maximum Gasteiger partial charge on any atom is 0.326 e. The fourth-order valence-electron chi connectivity index (χ4n) is 2.07. The largest absolute Gasteiger partial charge is 0.480 e. The summed E-state index contributed by atoms with van der Waals surface area (Å²) < 4.78 is 2.04. The lowest BCUT2D eigenvalue weighted by molar-refractivity contribution is -0.138. The zero-order valence-corrected chi connectivity index (χ0v) is 10.8. The first-order valence-electron chi connectivity index (χ1n) is 6.22. The number of imidazole rings is 1. The highest BCUT2D eigenvalue weighted by molar-refractivity contribution is 5.86. The van der Waals surface area contributed by atoms with Crippen molar-refractivity contribution in [1.29, 1.82) is 0 Å². The summed E-state index contributed by atoms with van der Waals surface area (Å²) in [4.78, 5) is 25.5. The Labute approximate surface area is 109 Å². The van der Waals surface area contributed by atoms with E-state index in [1.807, 2.05) is 4.57 Å². The maximum absolute atomic E-state index is 11.1. The van der Waals surface area contributed by atoms with E-state index in [-0.39, 0.29) is 0 Å². The van der Waals surface area contributed by atoms with Gasteiger partial charge in [0.05, 0.1) is 6.33 Å². The number of carbonyl (C=O) groups is 1. The van der Waals surface area contributed by atoms with E-state index in [0.29, 0.717) is 17.4 Å². The van der Waals surface area contributed by atoms with Crippen LogP contribution < -0.4 is 4.90 Å². The Morgan fingerprint density at radius 1 is 1.47 bits per heavy atom. The molecule has 0 aliphatic heterocycles. The number of rotatable bonds is 4. The van der Waals surface area contributed by atoms with E-state index < -0.39 is 12.0 Å². The fraction of sp³-hybridized carbons (Fsp3) is 0.500. The molecule has 0 amide bonds. The second-order valence-corrected chi connectivity index (χ2v) is 4.88.